The smallest absolute Gasteiger partial charge is 0.462 e. The molecule has 0 radical (unpaired) electrons. The molecule has 0 bridgehead atoms. The molecule has 3 N–H and O–H groups in total. The zero-order valence-corrected chi connectivity index (χ0v) is 63.1. The van der Waals surface area contributed by atoms with E-state index in [-0.39, 0.29) is 25.7 Å². The van der Waals surface area contributed by atoms with Gasteiger partial charge < -0.3 is 33.8 Å². The third-order valence-electron chi connectivity index (χ3n) is 16.7. The monoisotopic (exact) mass is 1400 g/mol. The van der Waals surface area contributed by atoms with Gasteiger partial charge in [0.05, 0.1) is 26.4 Å². The van der Waals surface area contributed by atoms with Gasteiger partial charge in [0.2, 0.25) is 0 Å². The van der Waals surface area contributed by atoms with Gasteiger partial charge in [-0.3, -0.25) is 37.3 Å². The Balaban J connectivity index is 5.31. The number of aliphatic hydroxyl groups excluding tert-OH is 1. The van der Waals surface area contributed by atoms with Crippen LogP contribution in [0.2, 0.25) is 0 Å². The maximum absolute atomic E-state index is 13.1. The summed E-state index contributed by atoms with van der Waals surface area (Å²) in [5.41, 5.74) is 0. The van der Waals surface area contributed by atoms with E-state index in [0.717, 1.165) is 148 Å². The molecule has 0 aromatic rings. The van der Waals surface area contributed by atoms with Crippen molar-refractivity contribution in [3.63, 3.8) is 0 Å². The van der Waals surface area contributed by atoms with Crippen molar-refractivity contribution >= 4 is 39.5 Å². The molecule has 96 heavy (non-hydrogen) atoms. The van der Waals surface area contributed by atoms with Gasteiger partial charge in [0.15, 0.2) is 12.2 Å². The van der Waals surface area contributed by atoms with E-state index in [1.807, 2.05) is 0 Å². The van der Waals surface area contributed by atoms with Crippen molar-refractivity contribution in [2.45, 2.75) is 380 Å². The van der Waals surface area contributed by atoms with E-state index in [2.05, 4.69) is 76.3 Å². The molecular formula is C77H142O17P2. The average Bonchev–Trinajstić information content (AvgIpc) is 1.15. The van der Waals surface area contributed by atoms with Gasteiger partial charge in [0, 0.05) is 25.7 Å². The molecule has 5 unspecified atom stereocenters. The number of allylic oxidation sites excluding steroid dienone is 8. The van der Waals surface area contributed by atoms with Crippen LogP contribution in [-0.2, 0) is 65.4 Å². The Labute approximate surface area is 585 Å². The van der Waals surface area contributed by atoms with E-state index >= 15 is 0 Å². The Morgan fingerprint density at radius 2 is 0.531 bits per heavy atom. The lowest BCUT2D eigenvalue weighted by Crippen LogP contribution is -2.30. The maximum atomic E-state index is 13.1. The first-order valence-electron chi connectivity index (χ1n) is 38.9. The third kappa shape index (κ3) is 69.5. The molecule has 562 valence electrons. The highest BCUT2D eigenvalue weighted by molar-refractivity contribution is 7.47. The van der Waals surface area contributed by atoms with Crippen LogP contribution in [0.4, 0.5) is 0 Å². The van der Waals surface area contributed by atoms with Crippen LogP contribution >= 0.6 is 15.6 Å². The molecule has 0 amide bonds. The van der Waals surface area contributed by atoms with Crippen molar-refractivity contribution in [3.8, 4) is 0 Å². The lowest BCUT2D eigenvalue weighted by molar-refractivity contribution is -0.161. The van der Waals surface area contributed by atoms with Gasteiger partial charge in [-0.2, -0.15) is 0 Å². The largest absolute Gasteiger partial charge is 0.472 e. The summed E-state index contributed by atoms with van der Waals surface area (Å²) in [7, 11) is -9.94. The van der Waals surface area contributed by atoms with E-state index in [0.29, 0.717) is 25.7 Å². The topological polar surface area (TPSA) is 237 Å². The fourth-order valence-corrected chi connectivity index (χ4v) is 12.4. The lowest BCUT2D eigenvalue weighted by Gasteiger charge is -2.21. The van der Waals surface area contributed by atoms with Crippen LogP contribution in [0.5, 0.6) is 0 Å². The number of ether oxygens (including phenoxy) is 4. The molecule has 0 saturated heterocycles. The molecule has 0 spiro atoms. The highest BCUT2D eigenvalue weighted by Crippen LogP contribution is 2.45. The maximum Gasteiger partial charge on any atom is 0.472 e. The second-order valence-electron chi connectivity index (χ2n) is 26.3. The molecule has 0 aliphatic rings. The van der Waals surface area contributed by atoms with Gasteiger partial charge in [-0.15, -0.1) is 0 Å². The minimum Gasteiger partial charge on any atom is -0.462 e. The number of phosphoric acid groups is 2. The summed E-state index contributed by atoms with van der Waals surface area (Å²) in [6, 6.07) is 0. The Hall–Kier alpha value is -2.98. The van der Waals surface area contributed by atoms with Crippen LogP contribution < -0.4 is 0 Å². The number of rotatable bonds is 74. The standard InChI is InChI=1S/C77H142O17P2/c1-5-9-13-17-21-25-29-33-35-39-41-45-49-53-57-61-74(79)87-67-72(93-76(81)63-59-55-51-47-43-37-31-27-23-19-15-11-7-3)69-91-95(83,84)89-65-71(78)66-90-96(85,86)92-70-73(94-77(82)64-60-56-52-48-44-38-32-28-24-20-16-12-8-4)68-88-75(80)62-58-54-50-46-42-40-36-34-30-26-22-18-14-10-6-2/h15,19,27-28,31-32,34,36,71-73,78H,5-14,16-18,20-26,29-30,33,35,37-70H2,1-4H3,(H,83,84)(H,85,86)/b19-15-,31-27-,32-28-,36-34-. The Morgan fingerprint density at radius 3 is 0.833 bits per heavy atom. The lowest BCUT2D eigenvalue weighted by atomic mass is 10.0. The van der Waals surface area contributed by atoms with Crippen molar-refractivity contribution in [3.05, 3.63) is 48.6 Å². The SMILES string of the molecule is CCC/C=C\C/C=C\CCCCCCCC(=O)OC(COC(=O)CCCCCCCCCCCCCCCCC)COP(=O)(O)OCC(O)COP(=O)(O)OCC(COC(=O)CCCCCCC/C=C\CCCCCCCC)OC(=O)CCCCCCC/C=C\CCCCCC. The number of hydrogen-bond acceptors (Lipinski definition) is 15. The summed E-state index contributed by atoms with van der Waals surface area (Å²) in [5.74, 6) is -2.17. The highest BCUT2D eigenvalue weighted by atomic mass is 31.2. The molecule has 0 aliphatic heterocycles. The zero-order chi connectivity index (χ0) is 70.4. The Morgan fingerprint density at radius 1 is 0.292 bits per heavy atom. The summed E-state index contributed by atoms with van der Waals surface area (Å²) in [6.07, 6.45) is 66.7. The number of phosphoric ester groups is 2. The molecule has 0 aromatic carbocycles. The van der Waals surface area contributed by atoms with E-state index < -0.39 is 97.5 Å². The number of hydrogen-bond donors (Lipinski definition) is 3. The third-order valence-corrected chi connectivity index (χ3v) is 18.6. The van der Waals surface area contributed by atoms with Gasteiger partial charge in [0.25, 0.3) is 0 Å². The minimum absolute atomic E-state index is 0.0844. The van der Waals surface area contributed by atoms with Gasteiger partial charge in [-0.05, 0) is 103 Å². The first kappa shape index (κ1) is 93.0. The summed E-state index contributed by atoms with van der Waals surface area (Å²) < 4.78 is 68.5. The van der Waals surface area contributed by atoms with Gasteiger partial charge in [-0.1, -0.05) is 282 Å². The number of carbonyl (C=O) groups is 4. The van der Waals surface area contributed by atoms with Gasteiger partial charge in [-0.25, -0.2) is 9.13 Å². The molecule has 0 rings (SSSR count). The molecular weight excluding hydrogens is 1260 g/mol. The van der Waals surface area contributed by atoms with Crippen molar-refractivity contribution in [2.24, 2.45) is 0 Å². The highest BCUT2D eigenvalue weighted by Gasteiger charge is 2.30. The van der Waals surface area contributed by atoms with E-state index in [1.54, 1.807) is 0 Å². The van der Waals surface area contributed by atoms with E-state index in [1.165, 1.54) is 135 Å². The zero-order valence-electron chi connectivity index (χ0n) is 61.3. The summed E-state index contributed by atoms with van der Waals surface area (Å²) in [6.45, 7) is 4.82. The number of carbonyl (C=O) groups excluding carboxylic acids is 4. The van der Waals surface area contributed by atoms with E-state index in [4.69, 9.17) is 37.0 Å². The van der Waals surface area contributed by atoms with Crippen molar-refractivity contribution in [1.82, 2.24) is 0 Å². The Kier molecular flexibility index (Phi) is 68.3. The van der Waals surface area contributed by atoms with Crippen LogP contribution in [0.3, 0.4) is 0 Å². The fourth-order valence-electron chi connectivity index (χ4n) is 10.8. The van der Waals surface area contributed by atoms with Crippen LogP contribution in [0.1, 0.15) is 362 Å². The molecule has 0 saturated carbocycles. The molecule has 0 heterocycles. The first-order valence-corrected chi connectivity index (χ1v) is 41.9. The van der Waals surface area contributed by atoms with E-state index in [9.17, 15) is 43.2 Å². The molecule has 19 heteroatoms. The predicted molar refractivity (Wildman–Crippen MR) is 390 cm³/mol. The second kappa shape index (κ2) is 70.5. The summed E-state index contributed by atoms with van der Waals surface area (Å²) >= 11 is 0. The minimum atomic E-state index is -4.97. The van der Waals surface area contributed by atoms with Crippen molar-refractivity contribution < 1.29 is 80.2 Å². The predicted octanol–water partition coefficient (Wildman–Crippen LogP) is 22.1. The number of unbranched alkanes of at least 4 members (excludes halogenated alkanes) is 40. The van der Waals surface area contributed by atoms with Crippen LogP contribution in [0, 0.1) is 0 Å². The second-order valence-corrected chi connectivity index (χ2v) is 29.2. The van der Waals surface area contributed by atoms with Crippen LogP contribution in [0.15, 0.2) is 48.6 Å². The molecule has 0 fully saturated rings. The van der Waals surface area contributed by atoms with Crippen molar-refractivity contribution in [1.29, 1.82) is 0 Å². The van der Waals surface area contributed by atoms with Gasteiger partial charge >= 0.3 is 39.5 Å². The number of aliphatic hydroxyl groups is 1. The normalized spacial score (nSPS) is 14.2. The quantitative estimate of drug-likeness (QED) is 0.0169. The molecule has 5 atom stereocenters. The van der Waals surface area contributed by atoms with Crippen molar-refractivity contribution in [2.75, 3.05) is 39.6 Å². The average molecular weight is 1400 g/mol. The van der Waals surface area contributed by atoms with Crippen LogP contribution in [-0.4, -0.2) is 96.7 Å². The molecule has 0 aromatic heterocycles. The molecule has 0 aliphatic carbocycles. The molecule has 17 nitrogen and oxygen atoms in total. The Bertz CT molecular complexity index is 2010. The number of esters is 4. The first-order chi connectivity index (χ1) is 46.7. The fraction of sp³-hybridized carbons (Fsp3) is 0.844. The van der Waals surface area contributed by atoms with Crippen LogP contribution in [0.25, 0.3) is 0 Å². The van der Waals surface area contributed by atoms with Gasteiger partial charge in [0.1, 0.15) is 19.3 Å². The summed E-state index contributed by atoms with van der Waals surface area (Å²) in [5, 5.41) is 10.6. The summed E-state index contributed by atoms with van der Waals surface area (Å²) in [4.78, 5) is 72.8.